The van der Waals surface area contributed by atoms with Gasteiger partial charge in [-0.1, -0.05) is 53.5 Å². The highest BCUT2D eigenvalue weighted by Crippen LogP contribution is 2.21. The van der Waals surface area contributed by atoms with E-state index in [4.69, 9.17) is 27.9 Å². The van der Waals surface area contributed by atoms with Gasteiger partial charge in [0.25, 0.3) is 5.91 Å². The number of anilines is 1. The van der Waals surface area contributed by atoms with Crippen LogP contribution in [0.15, 0.2) is 60.8 Å². The van der Waals surface area contributed by atoms with E-state index in [1.54, 1.807) is 48.5 Å². The van der Waals surface area contributed by atoms with Gasteiger partial charge in [-0.2, -0.15) is 9.78 Å². The van der Waals surface area contributed by atoms with Crippen LogP contribution in [0.1, 0.15) is 16.1 Å². The summed E-state index contributed by atoms with van der Waals surface area (Å²) >= 11 is 12.0. The molecule has 0 spiro atoms. The van der Waals surface area contributed by atoms with E-state index < -0.39 is 12.0 Å². The van der Waals surface area contributed by atoms with Crippen LogP contribution in [0.3, 0.4) is 0 Å². The molecular weight excluding hydrogens is 377 g/mol. The first-order valence-corrected chi connectivity index (χ1v) is 8.32. The third kappa shape index (κ3) is 4.22. The van der Waals surface area contributed by atoms with E-state index in [-0.39, 0.29) is 12.3 Å². The maximum Gasteiger partial charge on any atom is 0.435 e. The molecule has 0 unspecified atom stereocenters. The molecule has 0 saturated carbocycles. The number of hydrogen-bond donors (Lipinski definition) is 1. The van der Waals surface area contributed by atoms with Crippen molar-refractivity contribution in [1.82, 2.24) is 9.78 Å². The zero-order valence-corrected chi connectivity index (χ0v) is 14.9. The van der Waals surface area contributed by atoms with Crippen molar-refractivity contribution in [2.45, 2.75) is 6.61 Å². The van der Waals surface area contributed by atoms with Crippen LogP contribution in [0, 0.1) is 0 Å². The molecule has 2 aromatic carbocycles. The Balaban J connectivity index is 1.63. The molecule has 26 heavy (non-hydrogen) atoms. The monoisotopic (exact) mass is 389 g/mol. The summed E-state index contributed by atoms with van der Waals surface area (Å²) in [6.45, 7) is -0.000476. The van der Waals surface area contributed by atoms with Gasteiger partial charge in [-0.15, -0.1) is 0 Å². The van der Waals surface area contributed by atoms with Crippen LogP contribution >= 0.6 is 23.2 Å². The number of aromatic nitrogens is 2. The van der Waals surface area contributed by atoms with Crippen molar-refractivity contribution in [1.29, 1.82) is 0 Å². The van der Waals surface area contributed by atoms with Crippen molar-refractivity contribution >= 4 is 40.9 Å². The van der Waals surface area contributed by atoms with Crippen LogP contribution in [-0.2, 0) is 11.3 Å². The van der Waals surface area contributed by atoms with Crippen molar-refractivity contribution in [3.05, 3.63) is 82.1 Å². The van der Waals surface area contributed by atoms with Crippen molar-refractivity contribution < 1.29 is 14.3 Å². The van der Waals surface area contributed by atoms with Crippen LogP contribution in [0.2, 0.25) is 10.0 Å². The number of nitrogens with zero attached hydrogens (tertiary/aromatic N) is 2. The Morgan fingerprint density at radius 2 is 1.69 bits per heavy atom. The van der Waals surface area contributed by atoms with Gasteiger partial charge in [0.05, 0.1) is 10.7 Å². The van der Waals surface area contributed by atoms with Crippen molar-refractivity contribution in [3.8, 4) is 0 Å². The Bertz CT molecular complexity index is 956. The molecule has 1 heterocycles. The molecule has 3 aromatic rings. The molecule has 0 aliphatic heterocycles. The second-order valence-electron chi connectivity index (χ2n) is 5.23. The molecule has 3 rings (SSSR count). The van der Waals surface area contributed by atoms with E-state index in [0.29, 0.717) is 21.3 Å². The zero-order valence-electron chi connectivity index (χ0n) is 13.4. The molecule has 8 heteroatoms. The summed E-state index contributed by atoms with van der Waals surface area (Å²) in [5, 5.41) is 7.46. The molecule has 1 N–H and O–H groups in total. The van der Waals surface area contributed by atoms with Gasteiger partial charge in [0.1, 0.15) is 6.61 Å². The third-order valence-corrected chi connectivity index (χ3v) is 4.14. The summed E-state index contributed by atoms with van der Waals surface area (Å²) in [5.41, 5.74) is 1.18. The topological polar surface area (TPSA) is 73.2 Å². The summed E-state index contributed by atoms with van der Waals surface area (Å²) in [6, 6.07) is 15.2. The van der Waals surface area contributed by atoms with Gasteiger partial charge in [0.2, 0.25) is 0 Å². The van der Waals surface area contributed by atoms with E-state index in [2.05, 4.69) is 10.4 Å². The predicted molar refractivity (Wildman–Crippen MR) is 98.7 cm³/mol. The van der Waals surface area contributed by atoms with Crippen LogP contribution in [0.5, 0.6) is 0 Å². The average molecular weight is 390 g/mol. The number of rotatable bonds is 4. The fourth-order valence-electron chi connectivity index (χ4n) is 2.12. The van der Waals surface area contributed by atoms with Gasteiger partial charge < -0.3 is 10.1 Å². The number of ether oxygens (including phenoxy) is 1. The maximum absolute atomic E-state index is 12.2. The molecule has 0 bridgehead atoms. The number of benzene rings is 2. The molecule has 1 aromatic heterocycles. The number of carbonyl (C=O) groups is 2. The standard InChI is InChI=1S/C18H13Cl2N3O3/c19-13-6-2-1-5-12(13)11-26-18(25)23-10-9-16(22-23)17(24)21-15-8-4-3-7-14(15)20/h1-10H,11H2,(H,21,24). The Morgan fingerprint density at radius 1 is 1.00 bits per heavy atom. The molecule has 0 radical (unpaired) electrons. The second kappa shape index (κ2) is 8.03. The summed E-state index contributed by atoms with van der Waals surface area (Å²) < 4.78 is 6.09. The summed E-state index contributed by atoms with van der Waals surface area (Å²) in [4.78, 5) is 24.3. The summed E-state index contributed by atoms with van der Waals surface area (Å²) in [5.74, 6) is -0.490. The van der Waals surface area contributed by atoms with Gasteiger partial charge in [-0.3, -0.25) is 4.79 Å². The number of nitrogens with one attached hydrogen (secondary N) is 1. The minimum atomic E-state index is -0.721. The molecule has 0 aliphatic rings. The SMILES string of the molecule is O=C(Nc1ccccc1Cl)c1ccn(C(=O)OCc2ccccc2Cl)n1. The Labute approximate surface area is 159 Å². The molecule has 0 fully saturated rings. The van der Waals surface area contributed by atoms with Crippen molar-refractivity contribution in [2.75, 3.05) is 5.32 Å². The molecule has 0 aliphatic carbocycles. The first-order chi connectivity index (χ1) is 12.5. The minimum Gasteiger partial charge on any atom is -0.443 e. The highest BCUT2D eigenvalue weighted by molar-refractivity contribution is 6.33. The molecule has 0 atom stereocenters. The minimum absolute atomic E-state index is 0.000476. The lowest BCUT2D eigenvalue weighted by Crippen LogP contribution is -2.17. The van der Waals surface area contributed by atoms with Crippen LogP contribution in [0.4, 0.5) is 10.5 Å². The maximum atomic E-state index is 12.2. The van der Waals surface area contributed by atoms with E-state index >= 15 is 0 Å². The Kier molecular flexibility index (Phi) is 5.55. The fourth-order valence-corrected chi connectivity index (χ4v) is 2.49. The van der Waals surface area contributed by atoms with E-state index in [9.17, 15) is 9.59 Å². The van der Waals surface area contributed by atoms with Crippen LogP contribution < -0.4 is 5.32 Å². The van der Waals surface area contributed by atoms with Gasteiger partial charge in [0.15, 0.2) is 5.69 Å². The highest BCUT2D eigenvalue weighted by atomic mass is 35.5. The Hall–Kier alpha value is -2.83. The van der Waals surface area contributed by atoms with E-state index in [0.717, 1.165) is 4.68 Å². The molecule has 1 amide bonds. The van der Waals surface area contributed by atoms with Gasteiger partial charge in [-0.25, -0.2) is 4.79 Å². The Morgan fingerprint density at radius 3 is 2.42 bits per heavy atom. The zero-order chi connectivity index (χ0) is 18.5. The largest absolute Gasteiger partial charge is 0.443 e. The summed E-state index contributed by atoms with van der Waals surface area (Å²) in [7, 11) is 0. The van der Waals surface area contributed by atoms with Crippen LogP contribution in [0.25, 0.3) is 0 Å². The molecule has 0 saturated heterocycles. The van der Waals surface area contributed by atoms with Gasteiger partial charge in [-0.05, 0) is 24.3 Å². The first-order valence-electron chi connectivity index (χ1n) is 7.56. The second-order valence-corrected chi connectivity index (χ2v) is 6.04. The lowest BCUT2D eigenvalue weighted by Gasteiger charge is -2.06. The number of amides is 1. The number of hydrogen-bond acceptors (Lipinski definition) is 4. The quantitative estimate of drug-likeness (QED) is 0.705. The van der Waals surface area contributed by atoms with Crippen molar-refractivity contribution in [2.24, 2.45) is 0 Å². The number of para-hydroxylation sites is 1. The summed E-state index contributed by atoms with van der Waals surface area (Å²) in [6.07, 6.45) is 0.623. The van der Waals surface area contributed by atoms with Gasteiger partial charge >= 0.3 is 6.09 Å². The molecular formula is C18H13Cl2N3O3. The van der Waals surface area contributed by atoms with Gasteiger partial charge in [0, 0.05) is 16.8 Å². The lowest BCUT2D eigenvalue weighted by molar-refractivity contribution is 0.102. The smallest absolute Gasteiger partial charge is 0.435 e. The average Bonchev–Trinajstić information content (AvgIpc) is 3.13. The molecule has 132 valence electrons. The lowest BCUT2D eigenvalue weighted by atomic mass is 10.2. The molecule has 6 nitrogen and oxygen atoms in total. The third-order valence-electron chi connectivity index (χ3n) is 3.44. The highest BCUT2D eigenvalue weighted by Gasteiger charge is 2.15. The predicted octanol–water partition coefficient (Wildman–Crippen LogP) is 4.63. The fraction of sp³-hybridized carbons (Fsp3) is 0.0556. The van der Waals surface area contributed by atoms with E-state index in [1.807, 2.05) is 0 Å². The number of carbonyl (C=O) groups excluding carboxylic acids is 2. The first kappa shape index (κ1) is 18.0. The normalized spacial score (nSPS) is 10.4. The van der Waals surface area contributed by atoms with E-state index in [1.165, 1.54) is 12.3 Å². The van der Waals surface area contributed by atoms with Crippen molar-refractivity contribution in [3.63, 3.8) is 0 Å². The number of halogens is 2. The van der Waals surface area contributed by atoms with Crippen LogP contribution in [-0.4, -0.2) is 21.8 Å².